The summed E-state index contributed by atoms with van der Waals surface area (Å²) in [6, 6.07) is 0.592. The molecule has 2 fully saturated rings. The minimum atomic E-state index is -1.19. The number of primary amides is 1. The van der Waals surface area contributed by atoms with E-state index in [1.807, 2.05) is 6.92 Å². The summed E-state index contributed by atoms with van der Waals surface area (Å²) in [5.41, 5.74) is 4.42. The van der Waals surface area contributed by atoms with E-state index in [0.717, 1.165) is 25.7 Å². The molecule has 0 spiro atoms. The molecule has 4 heterocycles. The van der Waals surface area contributed by atoms with Crippen LogP contribution in [0.15, 0.2) is 33.7 Å². The number of hydrogen-bond donors (Lipinski definition) is 5. The molecular formula is C33H51N5O11. The van der Waals surface area contributed by atoms with Gasteiger partial charge in [-0.2, -0.15) is 0 Å². The number of carbonyl (C=O) groups excluding carboxylic acids is 3. The van der Waals surface area contributed by atoms with Crippen LogP contribution in [0.3, 0.4) is 0 Å². The molecule has 4 rings (SSSR count). The number of nitrogens with one attached hydrogen (secondary N) is 3. The number of ether oxygens (including phenoxy) is 4. The van der Waals surface area contributed by atoms with E-state index < -0.39 is 60.0 Å². The largest absolute Gasteiger partial charge is 0.505 e. The van der Waals surface area contributed by atoms with Crippen molar-refractivity contribution in [3.63, 3.8) is 0 Å². The van der Waals surface area contributed by atoms with Gasteiger partial charge < -0.3 is 40.4 Å². The minimum Gasteiger partial charge on any atom is -0.459 e. The number of H-pyrrole nitrogens is 1. The summed E-state index contributed by atoms with van der Waals surface area (Å²) < 4.78 is 23.0. The van der Waals surface area contributed by atoms with Crippen LogP contribution in [0.1, 0.15) is 110 Å². The summed E-state index contributed by atoms with van der Waals surface area (Å²) in [4.78, 5) is 72.8. The number of rotatable bonds is 15. The Labute approximate surface area is 285 Å². The summed E-state index contributed by atoms with van der Waals surface area (Å²) in [5.74, 6) is -1.54. The number of aromatic amines is 1. The Bertz CT molecular complexity index is 1390. The summed E-state index contributed by atoms with van der Waals surface area (Å²) in [7, 11) is 0. The Hall–Kier alpha value is -4.18. The number of allylic oxidation sites excluding steroid dienone is 1. The molecule has 1 aromatic rings. The lowest BCUT2D eigenvalue weighted by Gasteiger charge is -2.30. The van der Waals surface area contributed by atoms with Gasteiger partial charge in [-0.1, -0.05) is 45.4 Å². The zero-order valence-corrected chi connectivity index (χ0v) is 28.4. The molecule has 16 heteroatoms. The number of unbranched alkanes of at least 4 members (excludes halogenated alkanes) is 6. The van der Waals surface area contributed by atoms with Gasteiger partial charge in [-0.05, 0) is 57.9 Å². The van der Waals surface area contributed by atoms with E-state index in [1.165, 1.54) is 48.9 Å². The maximum absolute atomic E-state index is 12.8. The normalized spacial score (nSPS) is 24.2. The summed E-state index contributed by atoms with van der Waals surface area (Å²) in [6.45, 7) is 4.46. The van der Waals surface area contributed by atoms with E-state index in [4.69, 9.17) is 25.1 Å². The second kappa shape index (κ2) is 20.4. The SMILES string of the molecule is CC1CCCC(NC(=O)C2=CCCC(OC(C(N)=O)C3CCC(n4ccc(=O)[nH]c4=O)O3)O2)C(=O)N1.CCCCCCCCCOC(=O)O. The minimum absolute atomic E-state index is 0.00424. The summed E-state index contributed by atoms with van der Waals surface area (Å²) in [5, 5.41) is 13.7. The molecule has 0 saturated carbocycles. The van der Waals surface area contributed by atoms with Crippen molar-refractivity contribution < 1.29 is 43.2 Å². The number of carboxylic acid groups (broad SMARTS) is 1. The maximum atomic E-state index is 12.8. The second-order valence-corrected chi connectivity index (χ2v) is 12.5. The zero-order valence-electron chi connectivity index (χ0n) is 28.4. The Morgan fingerprint density at radius 3 is 2.49 bits per heavy atom. The first-order chi connectivity index (χ1) is 23.5. The number of amides is 3. The molecule has 2 saturated heterocycles. The van der Waals surface area contributed by atoms with Gasteiger partial charge in [-0.15, -0.1) is 0 Å². The molecule has 0 aliphatic carbocycles. The van der Waals surface area contributed by atoms with Crippen LogP contribution < -0.4 is 27.6 Å². The Morgan fingerprint density at radius 1 is 1.06 bits per heavy atom. The molecule has 3 aliphatic heterocycles. The molecular weight excluding hydrogens is 642 g/mol. The highest BCUT2D eigenvalue weighted by Gasteiger charge is 2.39. The van der Waals surface area contributed by atoms with Crippen LogP contribution in [0.2, 0.25) is 0 Å². The Kier molecular flexibility index (Phi) is 16.3. The molecule has 1 aromatic heterocycles. The second-order valence-electron chi connectivity index (χ2n) is 12.5. The lowest BCUT2D eigenvalue weighted by molar-refractivity contribution is -0.195. The van der Waals surface area contributed by atoms with Gasteiger partial charge in [0.15, 0.2) is 11.9 Å². The average Bonchev–Trinajstić information content (AvgIpc) is 3.47. The fourth-order valence-corrected chi connectivity index (χ4v) is 5.83. The third-order valence-electron chi connectivity index (χ3n) is 8.44. The highest BCUT2D eigenvalue weighted by Crippen LogP contribution is 2.31. The van der Waals surface area contributed by atoms with Crippen molar-refractivity contribution in [1.29, 1.82) is 0 Å². The van der Waals surface area contributed by atoms with Crippen LogP contribution in [0.5, 0.6) is 0 Å². The van der Waals surface area contributed by atoms with Gasteiger partial charge in [-0.3, -0.25) is 28.7 Å². The first-order valence-corrected chi connectivity index (χ1v) is 17.2. The molecule has 6 unspecified atom stereocenters. The van der Waals surface area contributed by atoms with E-state index in [9.17, 15) is 28.8 Å². The Balaban J connectivity index is 0.000000425. The molecule has 0 aromatic carbocycles. The number of nitrogens with two attached hydrogens (primary N) is 1. The number of hydrogen-bond acceptors (Lipinski definition) is 10. The van der Waals surface area contributed by atoms with Crippen LogP contribution in [-0.2, 0) is 33.3 Å². The van der Waals surface area contributed by atoms with Crippen LogP contribution in [0.25, 0.3) is 0 Å². The highest BCUT2D eigenvalue weighted by atomic mass is 16.7. The number of aromatic nitrogens is 2. The van der Waals surface area contributed by atoms with Gasteiger partial charge >= 0.3 is 11.8 Å². The first kappa shape index (κ1) is 39.3. The van der Waals surface area contributed by atoms with Crippen molar-refractivity contribution in [3.05, 3.63) is 44.9 Å². The van der Waals surface area contributed by atoms with Gasteiger partial charge in [0.25, 0.3) is 11.5 Å². The standard InChI is InChI=1S/C23H31N5O8.C10H20O3/c1-12-4-2-5-13(21(31)25-12)26-22(32)15-6-3-7-18(35-15)36-19(20(24)30)14-8-9-17(34-14)28-11-10-16(29)27-23(28)33;1-2-3-4-5-6-7-8-9-13-10(11)12/h6,10-14,17-19H,2-5,7-9H2,1H3,(H2,24,30)(H,25,31)(H,26,32)(H,27,29,33);2-9H2,1H3,(H,11,12). The van der Waals surface area contributed by atoms with Crippen molar-refractivity contribution in [2.45, 2.75) is 141 Å². The van der Waals surface area contributed by atoms with E-state index in [-0.39, 0.29) is 17.7 Å². The van der Waals surface area contributed by atoms with Crippen LogP contribution in [-0.4, -0.2) is 75.7 Å². The Morgan fingerprint density at radius 2 is 1.80 bits per heavy atom. The van der Waals surface area contributed by atoms with E-state index in [0.29, 0.717) is 38.7 Å². The summed E-state index contributed by atoms with van der Waals surface area (Å²) >= 11 is 0. The van der Waals surface area contributed by atoms with E-state index in [2.05, 4.69) is 27.3 Å². The lowest BCUT2D eigenvalue weighted by Crippen LogP contribution is -2.48. The van der Waals surface area contributed by atoms with Gasteiger partial charge in [0.2, 0.25) is 18.1 Å². The molecule has 0 radical (unpaired) electrons. The van der Waals surface area contributed by atoms with Crippen LogP contribution >= 0.6 is 0 Å². The van der Waals surface area contributed by atoms with Crippen molar-refractivity contribution in [3.8, 4) is 0 Å². The maximum Gasteiger partial charge on any atom is 0.505 e. The monoisotopic (exact) mass is 693 g/mol. The van der Waals surface area contributed by atoms with Gasteiger partial charge in [0, 0.05) is 24.7 Å². The van der Waals surface area contributed by atoms with Gasteiger partial charge in [0.05, 0.1) is 12.7 Å². The molecule has 16 nitrogen and oxygen atoms in total. The quantitative estimate of drug-likeness (QED) is 0.132. The molecule has 0 bridgehead atoms. The smallest absolute Gasteiger partial charge is 0.459 e. The van der Waals surface area contributed by atoms with E-state index in [1.54, 1.807) is 6.08 Å². The molecule has 6 N–H and O–H groups in total. The molecule has 3 aliphatic rings. The molecule has 274 valence electrons. The lowest BCUT2D eigenvalue weighted by atomic mass is 10.1. The van der Waals surface area contributed by atoms with E-state index >= 15 is 0 Å². The van der Waals surface area contributed by atoms with Crippen molar-refractivity contribution in [2.75, 3.05) is 6.61 Å². The predicted molar refractivity (Wildman–Crippen MR) is 176 cm³/mol. The fraction of sp³-hybridized carbons (Fsp3) is 0.697. The van der Waals surface area contributed by atoms with Crippen molar-refractivity contribution in [2.24, 2.45) is 5.73 Å². The average molecular weight is 694 g/mol. The third kappa shape index (κ3) is 13.3. The van der Waals surface area contributed by atoms with Crippen molar-refractivity contribution >= 4 is 23.9 Å². The third-order valence-corrected chi connectivity index (χ3v) is 8.44. The zero-order chi connectivity index (χ0) is 35.8. The van der Waals surface area contributed by atoms with Crippen LogP contribution in [0.4, 0.5) is 4.79 Å². The molecule has 49 heavy (non-hydrogen) atoms. The molecule has 6 atom stereocenters. The summed E-state index contributed by atoms with van der Waals surface area (Å²) in [6.07, 6.45) is 10.2. The number of carbonyl (C=O) groups is 4. The topological polar surface area (TPSA) is 230 Å². The number of nitrogens with zero attached hydrogens (tertiary/aromatic N) is 1. The predicted octanol–water partition coefficient (Wildman–Crippen LogP) is 2.71. The van der Waals surface area contributed by atoms with Crippen molar-refractivity contribution in [1.82, 2.24) is 20.2 Å². The first-order valence-electron chi connectivity index (χ1n) is 17.2. The molecule has 3 amide bonds. The highest BCUT2D eigenvalue weighted by molar-refractivity contribution is 5.95. The van der Waals surface area contributed by atoms with Gasteiger partial charge in [0.1, 0.15) is 12.3 Å². The van der Waals surface area contributed by atoms with Crippen LogP contribution in [0, 0.1) is 0 Å². The fourth-order valence-electron chi connectivity index (χ4n) is 5.83. The van der Waals surface area contributed by atoms with Gasteiger partial charge in [-0.25, -0.2) is 9.59 Å².